The molecule has 5 heteroatoms. The third kappa shape index (κ3) is 7.74. The predicted octanol–water partition coefficient (Wildman–Crippen LogP) is 3.31. The molecule has 0 aromatic heterocycles. The van der Waals surface area contributed by atoms with E-state index in [0.29, 0.717) is 0 Å². The second-order valence-corrected chi connectivity index (χ2v) is 5.50. The minimum Gasteiger partial charge on any atom is -0.399 e. The van der Waals surface area contributed by atoms with Crippen molar-refractivity contribution in [1.82, 2.24) is 0 Å². The van der Waals surface area contributed by atoms with Crippen LogP contribution in [0.3, 0.4) is 0 Å². The van der Waals surface area contributed by atoms with E-state index in [4.69, 9.17) is 45.6 Å². The molecule has 2 nitrogen and oxygen atoms in total. The first-order valence-corrected chi connectivity index (χ1v) is 5.44. The van der Waals surface area contributed by atoms with Gasteiger partial charge in [-0.3, -0.25) is 0 Å². The number of halogens is 3. The molecular weight excluding hydrogens is 256 g/mol. The topological polar surface area (TPSA) is 46.2 Å². The maximum absolute atomic E-state index is 8.49. The average molecular weight is 271 g/mol. The summed E-state index contributed by atoms with van der Waals surface area (Å²) < 4.78 is -1.53. The molecule has 0 bridgehead atoms. The van der Waals surface area contributed by atoms with Gasteiger partial charge in [0.1, 0.15) is 0 Å². The van der Waals surface area contributed by atoms with Crippen molar-refractivity contribution >= 4 is 40.5 Å². The van der Waals surface area contributed by atoms with Gasteiger partial charge in [-0.1, -0.05) is 46.9 Å². The molecule has 0 heterocycles. The standard InChI is InChI=1S/C7H9N.C3H5Cl3O/c1-6-3-2-4-7(8)5-6;1-2(7)3(4,5)6/h2-5H,8H2,1H3;2,7H,1H3. The number of aliphatic hydroxyl groups excluding tert-OH is 1. The van der Waals surface area contributed by atoms with Crippen molar-refractivity contribution in [3.8, 4) is 0 Å². The van der Waals surface area contributed by atoms with Gasteiger partial charge in [-0.2, -0.15) is 0 Å². The van der Waals surface area contributed by atoms with Crippen molar-refractivity contribution in [2.75, 3.05) is 5.73 Å². The van der Waals surface area contributed by atoms with Crippen LogP contribution in [-0.2, 0) is 0 Å². The van der Waals surface area contributed by atoms with Crippen molar-refractivity contribution in [2.24, 2.45) is 0 Å². The Morgan fingerprint density at radius 2 is 1.80 bits per heavy atom. The molecule has 0 aliphatic heterocycles. The quantitative estimate of drug-likeness (QED) is 0.561. The van der Waals surface area contributed by atoms with Gasteiger partial charge < -0.3 is 10.8 Å². The van der Waals surface area contributed by atoms with E-state index in [2.05, 4.69) is 0 Å². The van der Waals surface area contributed by atoms with Crippen molar-refractivity contribution < 1.29 is 5.11 Å². The van der Waals surface area contributed by atoms with E-state index in [1.807, 2.05) is 31.2 Å². The largest absolute Gasteiger partial charge is 0.399 e. The van der Waals surface area contributed by atoms with E-state index in [1.54, 1.807) is 0 Å². The molecule has 1 rings (SSSR count). The maximum Gasteiger partial charge on any atom is 0.215 e. The fourth-order valence-corrected chi connectivity index (χ4v) is 0.670. The number of benzene rings is 1. The molecule has 0 aliphatic rings. The zero-order valence-corrected chi connectivity index (χ0v) is 10.8. The number of hydrogen-bond acceptors (Lipinski definition) is 2. The molecule has 1 atom stereocenters. The lowest BCUT2D eigenvalue weighted by Crippen LogP contribution is -2.20. The predicted molar refractivity (Wildman–Crippen MR) is 67.6 cm³/mol. The summed E-state index contributed by atoms with van der Waals surface area (Å²) in [6, 6.07) is 7.80. The summed E-state index contributed by atoms with van der Waals surface area (Å²) in [6.45, 7) is 3.43. The molecule has 86 valence electrons. The summed E-state index contributed by atoms with van der Waals surface area (Å²) in [5, 5.41) is 8.49. The van der Waals surface area contributed by atoms with Crippen LogP contribution in [-0.4, -0.2) is 15.0 Å². The Hall–Kier alpha value is -0.150. The van der Waals surface area contributed by atoms with Crippen LogP contribution in [0.2, 0.25) is 0 Å². The molecule has 15 heavy (non-hydrogen) atoms. The monoisotopic (exact) mass is 269 g/mol. The number of nitrogen functional groups attached to an aromatic ring is 1. The first-order valence-electron chi connectivity index (χ1n) is 4.30. The number of aryl methyl sites for hydroxylation is 1. The number of hydrogen-bond donors (Lipinski definition) is 2. The van der Waals surface area contributed by atoms with Crippen molar-refractivity contribution in [3.63, 3.8) is 0 Å². The normalized spacial score (nSPS) is 12.7. The third-order valence-electron chi connectivity index (χ3n) is 1.52. The maximum atomic E-state index is 8.49. The molecular formula is C10H14Cl3NO. The van der Waals surface area contributed by atoms with Crippen LogP contribution in [0.5, 0.6) is 0 Å². The van der Waals surface area contributed by atoms with Crippen molar-refractivity contribution in [2.45, 2.75) is 23.7 Å². The van der Waals surface area contributed by atoms with Gasteiger partial charge in [0.2, 0.25) is 3.79 Å². The Balaban J connectivity index is 0.000000265. The highest BCUT2D eigenvalue weighted by Gasteiger charge is 2.25. The highest BCUT2D eigenvalue weighted by molar-refractivity contribution is 6.68. The molecule has 1 unspecified atom stereocenters. The van der Waals surface area contributed by atoms with Gasteiger partial charge in [-0.05, 0) is 31.5 Å². The number of alkyl halides is 3. The molecule has 0 spiro atoms. The summed E-state index contributed by atoms with van der Waals surface area (Å²) in [6.07, 6.45) is -0.905. The van der Waals surface area contributed by atoms with E-state index in [-0.39, 0.29) is 0 Å². The van der Waals surface area contributed by atoms with Crippen LogP contribution in [0.4, 0.5) is 5.69 Å². The van der Waals surface area contributed by atoms with Crippen LogP contribution in [0.15, 0.2) is 24.3 Å². The van der Waals surface area contributed by atoms with E-state index >= 15 is 0 Å². The van der Waals surface area contributed by atoms with Crippen LogP contribution in [0.25, 0.3) is 0 Å². The Morgan fingerprint density at radius 1 is 1.33 bits per heavy atom. The zero-order valence-electron chi connectivity index (χ0n) is 8.55. The van der Waals surface area contributed by atoms with Gasteiger partial charge in [-0.25, -0.2) is 0 Å². The number of aliphatic hydroxyl groups is 1. The van der Waals surface area contributed by atoms with Crippen LogP contribution in [0, 0.1) is 6.92 Å². The summed E-state index contributed by atoms with van der Waals surface area (Å²) in [5.74, 6) is 0. The van der Waals surface area contributed by atoms with Crippen molar-refractivity contribution in [1.29, 1.82) is 0 Å². The highest BCUT2D eigenvalue weighted by atomic mass is 35.6. The number of anilines is 1. The van der Waals surface area contributed by atoms with E-state index in [0.717, 1.165) is 5.69 Å². The lowest BCUT2D eigenvalue weighted by molar-refractivity contribution is 0.199. The molecule has 1 aromatic carbocycles. The Labute approximate surface area is 105 Å². The number of rotatable bonds is 0. The van der Waals surface area contributed by atoms with E-state index in [1.165, 1.54) is 12.5 Å². The van der Waals surface area contributed by atoms with E-state index < -0.39 is 9.90 Å². The smallest absolute Gasteiger partial charge is 0.215 e. The minimum atomic E-state index is -1.53. The lowest BCUT2D eigenvalue weighted by Gasteiger charge is -2.12. The summed E-state index contributed by atoms with van der Waals surface area (Å²) in [4.78, 5) is 0. The molecule has 3 N–H and O–H groups in total. The zero-order chi connectivity index (χ0) is 12.1. The van der Waals surface area contributed by atoms with Crippen LogP contribution < -0.4 is 5.73 Å². The first-order chi connectivity index (χ1) is 6.73. The molecule has 0 saturated carbocycles. The van der Waals surface area contributed by atoms with Gasteiger partial charge in [0.15, 0.2) is 0 Å². The average Bonchev–Trinajstić information content (AvgIpc) is 2.02. The van der Waals surface area contributed by atoms with E-state index in [9.17, 15) is 0 Å². The van der Waals surface area contributed by atoms with Gasteiger partial charge in [0.05, 0.1) is 6.10 Å². The van der Waals surface area contributed by atoms with Gasteiger partial charge in [0.25, 0.3) is 0 Å². The molecule has 0 amide bonds. The van der Waals surface area contributed by atoms with Gasteiger partial charge >= 0.3 is 0 Å². The highest BCUT2D eigenvalue weighted by Crippen LogP contribution is 2.29. The van der Waals surface area contributed by atoms with Crippen LogP contribution >= 0.6 is 34.8 Å². The third-order valence-corrected chi connectivity index (χ3v) is 2.46. The van der Waals surface area contributed by atoms with Crippen LogP contribution in [0.1, 0.15) is 12.5 Å². The Kier molecular flexibility index (Phi) is 6.37. The molecule has 0 aliphatic carbocycles. The minimum absolute atomic E-state index is 0.838. The lowest BCUT2D eigenvalue weighted by atomic mass is 10.2. The molecule has 0 saturated heterocycles. The fourth-order valence-electron chi connectivity index (χ4n) is 0.670. The molecule has 1 aromatic rings. The number of nitrogens with two attached hydrogens (primary N) is 1. The first kappa shape index (κ1) is 14.8. The SMILES string of the molecule is CC(O)C(Cl)(Cl)Cl.Cc1cccc(N)c1. The second-order valence-electron chi connectivity index (χ2n) is 3.13. The van der Waals surface area contributed by atoms with Crippen molar-refractivity contribution in [3.05, 3.63) is 29.8 Å². The summed E-state index contributed by atoms with van der Waals surface area (Å²) >= 11 is 15.4. The Bertz CT molecular complexity index is 280. The Morgan fingerprint density at radius 3 is 2.00 bits per heavy atom. The second kappa shape index (κ2) is 6.44. The van der Waals surface area contributed by atoms with Gasteiger partial charge in [0, 0.05) is 5.69 Å². The molecule has 0 fully saturated rings. The fraction of sp³-hybridized carbons (Fsp3) is 0.400. The summed E-state index contributed by atoms with van der Waals surface area (Å²) in [5.41, 5.74) is 7.51. The summed E-state index contributed by atoms with van der Waals surface area (Å²) in [7, 11) is 0. The van der Waals surface area contributed by atoms with Gasteiger partial charge in [-0.15, -0.1) is 0 Å². The molecule has 0 radical (unpaired) electrons.